The lowest BCUT2D eigenvalue weighted by Crippen LogP contribution is -2.21. The topological polar surface area (TPSA) is 76.1 Å². The third-order valence-corrected chi connectivity index (χ3v) is 3.88. The summed E-state index contributed by atoms with van der Waals surface area (Å²) in [5.41, 5.74) is 7.27. The maximum atomic E-state index is 11.7. The van der Waals surface area contributed by atoms with Gasteiger partial charge in [0.25, 0.3) is 0 Å². The Hall–Kier alpha value is -1.76. The van der Waals surface area contributed by atoms with Crippen LogP contribution in [0.2, 0.25) is 0 Å². The van der Waals surface area contributed by atoms with Gasteiger partial charge in [-0.15, -0.1) is 0 Å². The van der Waals surface area contributed by atoms with Crippen molar-refractivity contribution in [2.75, 3.05) is 0 Å². The van der Waals surface area contributed by atoms with Gasteiger partial charge in [-0.25, -0.2) is 0 Å². The molecule has 102 valence electrons. The Morgan fingerprint density at radius 3 is 2.84 bits per heavy atom. The predicted molar refractivity (Wildman–Crippen MR) is 71.4 cm³/mol. The molecule has 4 heteroatoms. The van der Waals surface area contributed by atoms with E-state index < -0.39 is 0 Å². The van der Waals surface area contributed by atoms with Crippen LogP contribution >= 0.6 is 0 Å². The van der Waals surface area contributed by atoms with Crippen LogP contribution in [0.1, 0.15) is 51.9 Å². The molecule has 0 unspecified atom stereocenters. The summed E-state index contributed by atoms with van der Waals surface area (Å²) in [5.74, 6) is 0.555. The third-order valence-electron chi connectivity index (χ3n) is 3.88. The lowest BCUT2D eigenvalue weighted by Gasteiger charge is -2.24. The number of hydrogen-bond acceptors (Lipinski definition) is 4. The van der Waals surface area contributed by atoms with Gasteiger partial charge in [-0.2, -0.15) is 5.26 Å². The van der Waals surface area contributed by atoms with E-state index in [0.29, 0.717) is 24.2 Å². The molecule has 0 fully saturated rings. The molecule has 0 aromatic rings. The zero-order valence-electron chi connectivity index (χ0n) is 11.4. The first-order valence-electron chi connectivity index (χ1n) is 7.02. The number of ketones is 1. The highest BCUT2D eigenvalue weighted by molar-refractivity contribution is 5.97. The minimum Gasteiger partial charge on any atom is -0.437 e. The van der Waals surface area contributed by atoms with Gasteiger partial charge in [-0.3, -0.25) is 4.79 Å². The van der Waals surface area contributed by atoms with E-state index in [-0.39, 0.29) is 17.6 Å². The number of unbranched alkanes of at least 4 members (excludes halogenated alkanes) is 3. The molecule has 1 aliphatic heterocycles. The van der Waals surface area contributed by atoms with E-state index in [9.17, 15) is 10.1 Å². The highest BCUT2D eigenvalue weighted by Gasteiger charge is 2.37. The second-order valence-electron chi connectivity index (χ2n) is 5.17. The monoisotopic (exact) mass is 260 g/mol. The Morgan fingerprint density at radius 2 is 2.16 bits per heavy atom. The summed E-state index contributed by atoms with van der Waals surface area (Å²) >= 11 is 0. The van der Waals surface area contributed by atoms with Crippen molar-refractivity contribution < 1.29 is 9.53 Å². The molecule has 0 aromatic carbocycles. The summed E-state index contributed by atoms with van der Waals surface area (Å²) in [6.07, 6.45) is 6.69. The summed E-state index contributed by atoms with van der Waals surface area (Å²) < 4.78 is 5.35. The van der Waals surface area contributed by atoms with Crippen LogP contribution in [0, 0.1) is 17.2 Å². The van der Waals surface area contributed by atoms with Crippen molar-refractivity contribution in [1.29, 1.82) is 5.26 Å². The molecule has 1 aliphatic carbocycles. The fourth-order valence-electron chi connectivity index (χ4n) is 2.85. The number of allylic oxidation sites excluding steroid dienone is 3. The molecule has 2 rings (SSSR count). The van der Waals surface area contributed by atoms with E-state index in [4.69, 9.17) is 10.5 Å². The number of nitrogens with two attached hydrogens (primary N) is 1. The van der Waals surface area contributed by atoms with Crippen molar-refractivity contribution in [1.82, 2.24) is 0 Å². The average Bonchev–Trinajstić information content (AvgIpc) is 2.76. The number of nitriles is 1. The van der Waals surface area contributed by atoms with Gasteiger partial charge in [-0.1, -0.05) is 32.6 Å². The molecular formula is C15H20N2O2. The number of carbonyl (C=O) groups excluding carboxylic acids is 1. The van der Waals surface area contributed by atoms with Crippen molar-refractivity contribution >= 4 is 5.78 Å². The SMILES string of the molecule is CCCCCC[C@H]1C(C#N)=C(N)OC2=C1CCC2=O. The first-order valence-corrected chi connectivity index (χ1v) is 7.02. The second kappa shape index (κ2) is 5.92. The standard InChI is InChI=1S/C15H20N2O2/c1-2-3-4-5-6-10-11-7-8-13(18)14(11)19-15(17)12(10)9-16/h10H,2-8,17H2,1H3/t10-/m1/s1. The van der Waals surface area contributed by atoms with Gasteiger partial charge < -0.3 is 10.5 Å². The van der Waals surface area contributed by atoms with E-state index in [1.54, 1.807) is 0 Å². The van der Waals surface area contributed by atoms with Crippen LogP contribution in [-0.2, 0) is 9.53 Å². The van der Waals surface area contributed by atoms with E-state index in [0.717, 1.165) is 24.8 Å². The Labute approximate surface area is 113 Å². The van der Waals surface area contributed by atoms with Gasteiger partial charge in [-0.05, 0) is 18.4 Å². The van der Waals surface area contributed by atoms with Gasteiger partial charge in [0.05, 0.1) is 5.57 Å². The summed E-state index contributed by atoms with van der Waals surface area (Å²) in [4.78, 5) is 11.7. The first kappa shape index (κ1) is 13.7. The molecule has 0 saturated heterocycles. The van der Waals surface area contributed by atoms with Gasteiger partial charge in [0.1, 0.15) is 6.07 Å². The smallest absolute Gasteiger partial charge is 0.205 e. The number of hydrogen-bond donors (Lipinski definition) is 1. The zero-order valence-corrected chi connectivity index (χ0v) is 11.4. The summed E-state index contributed by atoms with van der Waals surface area (Å²) in [6, 6.07) is 2.16. The van der Waals surface area contributed by atoms with E-state index >= 15 is 0 Å². The van der Waals surface area contributed by atoms with Crippen LogP contribution in [0.15, 0.2) is 22.8 Å². The van der Waals surface area contributed by atoms with Crippen molar-refractivity contribution in [3.05, 3.63) is 22.8 Å². The quantitative estimate of drug-likeness (QED) is 0.771. The van der Waals surface area contributed by atoms with E-state index in [1.807, 2.05) is 0 Å². The maximum Gasteiger partial charge on any atom is 0.205 e. The molecule has 0 saturated carbocycles. The number of carbonyl (C=O) groups is 1. The van der Waals surface area contributed by atoms with Gasteiger partial charge in [0.2, 0.25) is 5.88 Å². The average molecular weight is 260 g/mol. The van der Waals surface area contributed by atoms with Gasteiger partial charge in [0.15, 0.2) is 11.5 Å². The Morgan fingerprint density at radius 1 is 1.37 bits per heavy atom. The third kappa shape index (κ3) is 2.65. The van der Waals surface area contributed by atoms with Crippen LogP contribution in [0.5, 0.6) is 0 Å². The number of rotatable bonds is 5. The lowest BCUT2D eigenvalue weighted by atomic mass is 9.85. The Kier molecular flexibility index (Phi) is 4.26. The highest BCUT2D eigenvalue weighted by atomic mass is 16.5. The van der Waals surface area contributed by atoms with Crippen molar-refractivity contribution in [3.8, 4) is 6.07 Å². The van der Waals surface area contributed by atoms with E-state index in [2.05, 4.69) is 13.0 Å². The molecular weight excluding hydrogens is 240 g/mol. The van der Waals surface area contributed by atoms with Crippen molar-refractivity contribution in [2.45, 2.75) is 51.9 Å². The molecule has 19 heavy (non-hydrogen) atoms. The lowest BCUT2D eigenvalue weighted by molar-refractivity contribution is -0.117. The van der Waals surface area contributed by atoms with Crippen LogP contribution < -0.4 is 5.73 Å². The van der Waals surface area contributed by atoms with Crippen molar-refractivity contribution in [3.63, 3.8) is 0 Å². The van der Waals surface area contributed by atoms with Crippen LogP contribution in [-0.4, -0.2) is 5.78 Å². The number of Topliss-reactive ketones (excluding diaryl/α,β-unsaturated/α-hetero) is 1. The molecule has 0 aromatic heterocycles. The molecule has 0 amide bonds. The molecule has 0 bridgehead atoms. The highest BCUT2D eigenvalue weighted by Crippen LogP contribution is 2.41. The van der Waals surface area contributed by atoms with Gasteiger partial charge in [0, 0.05) is 12.3 Å². The first-order chi connectivity index (χ1) is 9.19. The zero-order chi connectivity index (χ0) is 13.8. The molecule has 2 aliphatic rings. The molecule has 1 heterocycles. The van der Waals surface area contributed by atoms with Crippen LogP contribution in [0.25, 0.3) is 0 Å². The summed E-state index contributed by atoms with van der Waals surface area (Å²) in [7, 11) is 0. The summed E-state index contributed by atoms with van der Waals surface area (Å²) in [6.45, 7) is 2.17. The second-order valence-corrected chi connectivity index (χ2v) is 5.17. The van der Waals surface area contributed by atoms with Crippen LogP contribution in [0.4, 0.5) is 0 Å². The normalized spacial score (nSPS) is 22.3. The molecule has 0 spiro atoms. The summed E-state index contributed by atoms with van der Waals surface area (Å²) in [5, 5.41) is 9.25. The predicted octanol–water partition coefficient (Wildman–Crippen LogP) is 2.91. The van der Waals surface area contributed by atoms with E-state index in [1.165, 1.54) is 12.8 Å². The number of ether oxygens (including phenoxy) is 1. The molecule has 0 radical (unpaired) electrons. The Balaban J connectivity index is 2.14. The van der Waals surface area contributed by atoms with Crippen molar-refractivity contribution in [2.24, 2.45) is 11.7 Å². The molecule has 2 N–H and O–H groups in total. The minimum atomic E-state index is -0.00273. The molecule has 1 atom stereocenters. The largest absolute Gasteiger partial charge is 0.437 e. The fraction of sp³-hybridized carbons (Fsp3) is 0.600. The fourth-order valence-corrected chi connectivity index (χ4v) is 2.85. The van der Waals surface area contributed by atoms with Crippen LogP contribution in [0.3, 0.4) is 0 Å². The minimum absolute atomic E-state index is 0.00273. The maximum absolute atomic E-state index is 11.7. The Bertz CT molecular complexity index is 483. The number of nitrogens with zero attached hydrogens (tertiary/aromatic N) is 1. The van der Waals surface area contributed by atoms with Gasteiger partial charge >= 0.3 is 0 Å². The molecule has 4 nitrogen and oxygen atoms in total.